The molecule has 1 N–H and O–H groups in total. The molecule has 0 atom stereocenters. The second-order valence-electron chi connectivity index (χ2n) is 3.86. The molecule has 0 fully saturated rings. The van der Waals surface area contributed by atoms with E-state index in [-0.39, 0.29) is 17.4 Å². The summed E-state index contributed by atoms with van der Waals surface area (Å²) in [6, 6.07) is 9.54. The Morgan fingerprint density at radius 1 is 1.21 bits per heavy atom. The van der Waals surface area contributed by atoms with Gasteiger partial charge in [-0.3, -0.25) is 0 Å². The maximum Gasteiger partial charge on any atom is 0.338 e. The third kappa shape index (κ3) is 3.45. The molecule has 0 aromatic heterocycles. The highest BCUT2D eigenvalue weighted by atomic mass is 35.5. The highest BCUT2D eigenvalue weighted by molar-refractivity contribution is 6.31. The summed E-state index contributed by atoms with van der Waals surface area (Å²) in [6.07, 6.45) is 0. The van der Waals surface area contributed by atoms with Crippen molar-refractivity contribution in [1.29, 1.82) is 0 Å². The normalized spacial score (nSPS) is 10.2. The van der Waals surface area contributed by atoms with E-state index in [1.807, 2.05) is 0 Å². The zero-order chi connectivity index (χ0) is 13.8. The summed E-state index contributed by atoms with van der Waals surface area (Å²) in [4.78, 5) is 11.7. The van der Waals surface area contributed by atoms with Gasteiger partial charge in [0.2, 0.25) is 0 Å². The Morgan fingerprint density at radius 2 is 1.89 bits per heavy atom. The van der Waals surface area contributed by atoms with Crippen LogP contribution in [-0.2, 0) is 11.3 Å². The van der Waals surface area contributed by atoms with Crippen molar-refractivity contribution in [3.05, 3.63) is 64.4 Å². The molecule has 0 saturated heterocycles. The lowest BCUT2D eigenvalue weighted by Gasteiger charge is -2.06. The number of aromatic hydroxyl groups is 1. The van der Waals surface area contributed by atoms with E-state index in [1.54, 1.807) is 0 Å². The SMILES string of the molecule is O=C(OCc1ccc(F)cc1Cl)c1ccc(O)cc1. The van der Waals surface area contributed by atoms with Crippen LogP contribution < -0.4 is 0 Å². The number of halogens is 2. The van der Waals surface area contributed by atoms with Gasteiger partial charge in [0.1, 0.15) is 18.2 Å². The van der Waals surface area contributed by atoms with Crippen molar-refractivity contribution in [2.24, 2.45) is 0 Å². The van der Waals surface area contributed by atoms with Crippen molar-refractivity contribution >= 4 is 17.6 Å². The third-order valence-corrected chi connectivity index (χ3v) is 2.83. The highest BCUT2D eigenvalue weighted by Gasteiger charge is 2.09. The molecule has 0 aliphatic heterocycles. The van der Waals surface area contributed by atoms with Crippen molar-refractivity contribution in [2.75, 3.05) is 0 Å². The summed E-state index contributed by atoms with van der Waals surface area (Å²) in [7, 11) is 0. The molecule has 19 heavy (non-hydrogen) atoms. The fourth-order valence-corrected chi connectivity index (χ4v) is 1.68. The van der Waals surface area contributed by atoms with Gasteiger partial charge in [-0.2, -0.15) is 0 Å². The summed E-state index contributed by atoms with van der Waals surface area (Å²) in [5.41, 5.74) is 0.839. The first-order chi connectivity index (χ1) is 9.06. The van der Waals surface area contributed by atoms with E-state index in [0.717, 1.165) is 6.07 Å². The second-order valence-corrected chi connectivity index (χ2v) is 4.27. The summed E-state index contributed by atoms with van der Waals surface area (Å²) in [5.74, 6) is -0.919. The van der Waals surface area contributed by atoms with Crippen LogP contribution in [-0.4, -0.2) is 11.1 Å². The van der Waals surface area contributed by atoms with Gasteiger partial charge in [-0.15, -0.1) is 0 Å². The Labute approximate surface area is 114 Å². The number of benzene rings is 2. The molecule has 0 unspecified atom stereocenters. The van der Waals surface area contributed by atoms with E-state index < -0.39 is 11.8 Å². The summed E-state index contributed by atoms with van der Waals surface area (Å²) < 4.78 is 17.9. The van der Waals surface area contributed by atoms with Crippen molar-refractivity contribution in [3.8, 4) is 5.75 Å². The Bertz CT molecular complexity index is 596. The van der Waals surface area contributed by atoms with Crippen LogP contribution >= 0.6 is 11.6 Å². The van der Waals surface area contributed by atoms with E-state index in [1.165, 1.54) is 36.4 Å². The first-order valence-electron chi connectivity index (χ1n) is 5.46. The fraction of sp³-hybridized carbons (Fsp3) is 0.0714. The van der Waals surface area contributed by atoms with E-state index in [4.69, 9.17) is 21.4 Å². The minimum Gasteiger partial charge on any atom is -0.508 e. The molecule has 0 aliphatic rings. The van der Waals surface area contributed by atoms with Gasteiger partial charge < -0.3 is 9.84 Å². The van der Waals surface area contributed by atoms with Crippen molar-refractivity contribution in [1.82, 2.24) is 0 Å². The molecule has 0 heterocycles. The van der Waals surface area contributed by atoms with E-state index in [2.05, 4.69) is 0 Å². The Morgan fingerprint density at radius 3 is 2.53 bits per heavy atom. The Kier molecular flexibility index (Phi) is 4.02. The van der Waals surface area contributed by atoms with Gasteiger partial charge >= 0.3 is 5.97 Å². The number of carbonyl (C=O) groups excluding carboxylic acids is 1. The predicted molar refractivity (Wildman–Crippen MR) is 68.6 cm³/mol. The number of phenols is 1. The maximum absolute atomic E-state index is 12.8. The van der Waals surface area contributed by atoms with Crippen molar-refractivity contribution < 1.29 is 19.0 Å². The molecule has 3 nitrogen and oxygen atoms in total. The third-order valence-electron chi connectivity index (χ3n) is 2.48. The van der Waals surface area contributed by atoms with Crippen LogP contribution in [0, 0.1) is 5.82 Å². The van der Waals surface area contributed by atoms with Crippen LogP contribution in [0.4, 0.5) is 4.39 Å². The molecule has 0 radical (unpaired) electrons. The zero-order valence-corrected chi connectivity index (χ0v) is 10.5. The summed E-state index contributed by atoms with van der Waals surface area (Å²) in [5, 5.41) is 9.31. The lowest BCUT2D eigenvalue weighted by molar-refractivity contribution is 0.0473. The van der Waals surface area contributed by atoms with Gasteiger partial charge in [0.05, 0.1) is 10.6 Å². The molecule has 2 aromatic carbocycles. The number of rotatable bonds is 3. The van der Waals surface area contributed by atoms with E-state index >= 15 is 0 Å². The molecule has 0 aliphatic carbocycles. The average Bonchev–Trinajstić information content (AvgIpc) is 2.38. The standard InChI is InChI=1S/C14H10ClFO3/c15-13-7-11(16)4-1-10(13)8-19-14(18)9-2-5-12(17)6-3-9/h1-7,17H,8H2. The van der Waals surface area contributed by atoms with Crippen LogP contribution in [0.3, 0.4) is 0 Å². The molecular formula is C14H10ClFO3. The lowest BCUT2D eigenvalue weighted by Crippen LogP contribution is -2.05. The molecule has 98 valence electrons. The quantitative estimate of drug-likeness (QED) is 0.875. The van der Waals surface area contributed by atoms with Crippen molar-refractivity contribution in [2.45, 2.75) is 6.61 Å². The predicted octanol–water partition coefficient (Wildman–Crippen LogP) is 3.54. The van der Waals surface area contributed by atoms with E-state index in [9.17, 15) is 9.18 Å². The minimum absolute atomic E-state index is 0.0428. The lowest BCUT2D eigenvalue weighted by atomic mass is 10.2. The Balaban J connectivity index is 2.02. The van der Waals surface area contributed by atoms with Gasteiger partial charge in [0, 0.05) is 5.56 Å². The van der Waals surface area contributed by atoms with Crippen LogP contribution in [0.25, 0.3) is 0 Å². The number of carbonyl (C=O) groups is 1. The second kappa shape index (κ2) is 5.71. The molecular weight excluding hydrogens is 271 g/mol. The van der Waals surface area contributed by atoms with Crippen LogP contribution in [0.5, 0.6) is 5.75 Å². The topological polar surface area (TPSA) is 46.5 Å². The molecule has 0 bridgehead atoms. The first kappa shape index (κ1) is 13.4. The van der Waals surface area contributed by atoms with Gasteiger partial charge in [-0.1, -0.05) is 17.7 Å². The number of ether oxygens (including phenoxy) is 1. The highest BCUT2D eigenvalue weighted by Crippen LogP contribution is 2.19. The van der Waals surface area contributed by atoms with Gasteiger partial charge in [-0.05, 0) is 36.4 Å². The number of hydrogen-bond donors (Lipinski definition) is 1. The van der Waals surface area contributed by atoms with Crippen LogP contribution in [0.2, 0.25) is 5.02 Å². The summed E-state index contributed by atoms with van der Waals surface area (Å²) in [6.45, 7) is -0.0428. The number of hydrogen-bond acceptors (Lipinski definition) is 3. The molecule has 2 aromatic rings. The van der Waals surface area contributed by atoms with Gasteiger partial charge in [-0.25, -0.2) is 9.18 Å². The molecule has 0 spiro atoms. The maximum atomic E-state index is 12.8. The first-order valence-corrected chi connectivity index (χ1v) is 5.84. The van der Waals surface area contributed by atoms with Gasteiger partial charge in [0.25, 0.3) is 0 Å². The van der Waals surface area contributed by atoms with Crippen LogP contribution in [0.15, 0.2) is 42.5 Å². The fourth-order valence-electron chi connectivity index (χ4n) is 1.46. The largest absolute Gasteiger partial charge is 0.508 e. The smallest absolute Gasteiger partial charge is 0.338 e. The molecule has 0 saturated carbocycles. The van der Waals surface area contributed by atoms with Crippen molar-refractivity contribution in [3.63, 3.8) is 0 Å². The number of esters is 1. The van der Waals surface area contributed by atoms with Gasteiger partial charge in [0.15, 0.2) is 0 Å². The van der Waals surface area contributed by atoms with Crippen LogP contribution in [0.1, 0.15) is 15.9 Å². The summed E-state index contributed by atoms with van der Waals surface area (Å²) >= 11 is 5.82. The number of phenolic OH excluding ortho intramolecular Hbond substituents is 1. The molecule has 2 rings (SSSR count). The molecule has 5 heteroatoms. The van der Waals surface area contributed by atoms with E-state index in [0.29, 0.717) is 11.1 Å². The average molecular weight is 281 g/mol. The minimum atomic E-state index is -0.541. The Hall–Kier alpha value is -2.07. The molecule has 0 amide bonds. The monoisotopic (exact) mass is 280 g/mol. The zero-order valence-electron chi connectivity index (χ0n) is 9.77.